The van der Waals surface area contributed by atoms with Crippen molar-refractivity contribution in [3.63, 3.8) is 0 Å². The Morgan fingerprint density at radius 1 is 1.23 bits per heavy atom. The zero-order valence-electron chi connectivity index (χ0n) is 15.3. The number of aromatic nitrogens is 2. The number of fused-ring (bicyclic) bond motifs is 1. The number of hydrogen-bond acceptors (Lipinski definition) is 4. The molecule has 0 aliphatic heterocycles. The fraction of sp³-hybridized carbons (Fsp3) is 0.250. The van der Waals surface area contributed by atoms with Gasteiger partial charge in [0.1, 0.15) is 0 Å². The third-order valence-corrected chi connectivity index (χ3v) is 4.24. The first-order valence-corrected chi connectivity index (χ1v) is 8.55. The monoisotopic (exact) mass is 349 g/mol. The van der Waals surface area contributed by atoms with Crippen LogP contribution in [0.5, 0.6) is 0 Å². The number of nitrogens with one attached hydrogen (secondary N) is 1. The van der Waals surface area contributed by atoms with E-state index >= 15 is 0 Å². The van der Waals surface area contributed by atoms with Crippen molar-refractivity contribution >= 4 is 28.8 Å². The first-order valence-electron chi connectivity index (χ1n) is 8.55. The minimum absolute atomic E-state index is 0.121. The Balaban J connectivity index is 1.57. The lowest BCUT2D eigenvalue weighted by Gasteiger charge is -2.12. The van der Waals surface area contributed by atoms with E-state index in [1.54, 1.807) is 12.5 Å². The molecule has 1 amide bonds. The van der Waals surface area contributed by atoms with E-state index in [1.165, 1.54) is 0 Å². The number of hydrazone groups is 1. The molecule has 0 bridgehead atoms. The average Bonchev–Trinajstić information content (AvgIpc) is 3.05. The van der Waals surface area contributed by atoms with Crippen LogP contribution in [0.1, 0.15) is 12.5 Å². The first-order chi connectivity index (χ1) is 12.5. The van der Waals surface area contributed by atoms with Crippen molar-refractivity contribution in [3.8, 4) is 0 Å². The van der Waals surface area contributed by atoms with E-state index in [1.807, 2.05) is 79.0 Å². The van der Waals surface area contributed by atoms with Gasteiger partial charge in [-0.25, -0.2) is 10.4 Å². The van der Waals surface area contributed by atoms with Gasteiger partial charge in [0.2, 0.25) is 5.91 Å². The molecule has 0 saturated heterocycles. The van der Waals surface area contributed by atoms with Gasteiger partial charge in [0.05, 0.1) is 29.5 Å². The quantitative estimate of drug-likeness (QED) is 0.550. The van der Waals surface area contributed by atoms with Crippen LogP contribution in [0.2, 0.25) is 0 Å². The molecule has 0 aliphatic carbocycles. The molecule has 0 aliphatic rings. The molecular weight excluding hydrogens is 326 g/mol. The van der Waals surface area contributed by atoms with Crippen molar-refractivity contribution in [1.82, 2.24) is 15.0 Å². The van der Waals surface area contributed by atoms with Gasteiger partial charge in [-0.05, 0) is 29.8 Å². The van der Waals surface area contributed by atoms with E-state index in [-0.39, 0.29) is 11.8 Å². The third kappa shape index (κ3) is 4.08. The summed E-state index contributed by atoms with van der Waals surface area (Å²) in [5, 5.41) is 4.07. The minimum atomic E-state index is -0.221. The maximum atomic E-state index is 12.3. The zero-order chi connectivity index (χ0) is 18.5. The molecule has 0 unspecified atom stereocenters. The van der Waals surface area contributed by atoms with Crippen molar-refractivity contribution < 1.29 is 4.79 Å². The van der Waals surface area contributed by atoms with Crippen molar-refractivity contribution in [2.75, 3.05) is 19.0 Å². The Morgan fingerprint density at radius 3 is 2.69 bits per heavy atom. The Labute approximate surface area is 153 Å². The fourth-order valence-corrected chi connectivity index (χ4v) is 2.67. The van der Waals surface area contributed by atoms with Crippen LogP contribution in [-0.2, 0) is 11.3 Å². The van der Waals surface area contributed by atoms with Crippen LogP contribution in [0, 0.1) is 5.92 Å². The van der Waals surface area contributed by atoms with Crippen molar-refractivity contribution in [2.45, 2.75) is 13.5 Å². The van der Waals surface area contributed by atoms with Gasteiger partial charge in [0.25, 0.3) is 0 Å². The molecule has 3 aromatic rings. The van der Waals surface area contributed by atoms with Gasteiger partial charge in [0.15, 0.2) is 0 Å². The summed E-state index contributed by atoms with van der Waals surface area (Å²) in [5.41, 5.74) is 6.62. The van der Waals surface area contributed by atoms with Crippen LogP contribution in [0.25, 0.3) is 11.0 Å². The molecule has 0 radical (unpaired) electrons. The van der Waals surface area contributed by atoms with E-state index in [0.29, 0.717) is 6.54 Å². The molecule has 0 fully saturated rings. The standard InChI is InChI=1S/C20H23N5O/c1-15(13-25-14-21-18-6-4-5-7-19(18)25)20(26)23-22-12-16-8-10-17(11-9-16)24(2)3/h4-12,14-15H,13H2,1-3H3,(H,23,26)/b22-12-/t15-/m1/s1. The second-order valence-electron chi connectivity index (χ2n) is 6.51. The highest BCUT2D eigenvalue weighted by Crippen LogP contribution is 2.14. The van der Waals surface area contributed by atoms with E-state index in [0.717, 1.165) is 22.3 Å². The number of hydrogen-bond donors (Lipinski definition) is 1. The van der Waals surface area contributed by atoms with E-state index < -0.39 is 0 Å². The summed E-state index contributed by atoms with van der Waals surface area (Å²) in [4.78, 5) is 18.7. The van der Waals surface area contributed by atoms with Crippen LogP contribution in [0.15, 0.2) is 60.0 Å². The Kier molecular flexibility index (Phi) is 5.31. The number of amides is 1. The molecule has 1 N–H and O–H groups in total. The second kappa shape index (κ2) is 7.82. The van der Waals surface area contributed by atoms with E-state index in [4.69, 9.17) is 0 Å². The molecule has 134 valence electrons. The topological polar surface area (TPSA) is 62.5 Å². The van der Waals surface area contributed by atoms with E-state index in [2.05, 4.69) is 15.5 Å². The minimum Gasteiger partial charge on any atom is -0.378 e. The van der Waals surface area contributed by atoms with Crippen molar-refractivity contribution in [1.29, 1.82) is 0 Å². The molecule has 1 aromatic heterocycles. The lowest BCUT2D eigenvalue weighted by Crippen LogP contribution is -2.27. The summed E-state index contributed by atoms with van der Waals surface area (Å²) < 4.78 is 1.99. The fourth-order valence-electron chi connectivity index (χ4n) is 2.67. The van der Waals surface area contributed by atoms with Crippen LogP contribution in [0.4, 0.5) is 5.69 Å². The lowest BCUT2D eigenvalue weighted by molar-refractivity contribution is -0.124. The van der Waals surface area contributed by atoms with Gasteiger partial charge in [-0.15, -0.1) is 0 Å². The van der Waals surface area contributed by atoms with Gasteiger partial charge < -0.3 is 9.47 Å². The van der Waals surface area contributed by atoms with Crippen LogP contribution < -0.4 is 10.3 Å². The summed E-state index contributed by atoms with van der Waals surface area (Å²) in [6.07, 6.45) is 3.42. The van der Waals surface area contributed by atoms with Crippen LogP contribution in [0.3, 0.4) is 0 Å². The molecule has 6 heteroatoms. The average molecular weight is 349 g/mol. The second-order valence-corrected chi connectivity index (χ2v) is 6.51. The summed E-state index contributed by atoms with van der Waals surface area (Å²) in [6, 6.07) is 15.8. The molecule has 1 atom stereocenters. The molecule has 2 aromatic carbocycles. The molecule has 6 nitrogen and oxygen atoms in total. The number of carbonyl (C=O) groups excluding carboxylic acids is 1. The molecule has 0 spiro atoms. The molecule has 0 saturated carbocycles. The molecule has 3 rings (SSSR count). The Morgan fingerprint density at radius 2 is 1.96 bits per heavy atom. The maximum Gasteiger partial charge on any atom is 0.244 e. The number of anilines is 1. The number of carbonyl (C=O) groups is 1. The highest BCUT2D eigenvalue weighted by atomic mass is 16.2. The van der Waals surface area contributed by atoms with Crippen LogP contribution in [-0.4, -0.2) is 35.8 Å². The summed E-state index contributed by atoms with van der Waals surface area (Å²) in [6.45, 7) is 2.44. The maximum absolute atomic E-state index is 12.3. The normalized spacial score (nSPS) is 12.4. The predicted molar refractivity (Wildman–Crippen MR) is 105 cm³/mol. The number of nitrogens with zero attached hydrogens (tertiary/aromatic N) is 4. The molecule has 1 heterocycles. The van der Waals surface area contributed by atoms with Gasteiger partial charge >= 0.3 is 0 Å². The number of rotatable bonds is 6. The largest absolute Gasteiger partial charge is 0.378 e. The predicted octanol–water partition coefficient (Wildman–Crippen LogP) is 2.89. The van der Waals surface area contributed by atoms with Gasteiger partial charge in [0, 0.05) is 26.3 Å². The van der Waals surface area contributed by atoms with Gasteiger partial charge in [-0.1, -0.05) is 31.2 Å². The number of imidazole rings is 1. The smallest absolute Gasteiger partial charge is 0.244 e. The number of para-hydroxylation sites is 2. The third-order valence-electron chi connectivity index (χ3n) is 4.24. The SMILES string of the molecule is C[C@H](Cn1cnc2ccccc21)C(=O)N/N=C\c1ccc(N(C)C)cc1. The highest BCUT2D eigenvalue weighted by Gasteiger charge is 2.14. The highest BCUT2D eigenvalue weighted by molar-refractivity contribution is 5.83. The zero-order valence-corrected chi connectivity index (χ0v) is 15.3. The Hall–Kier alpha value is -3.15. The van der Waals surface area contributed by atoms with Gasteiger partial charge in [-0.2, -0.15) is 5.10 Å². The molecular formula is C20H23N5O. The Bertz CT molecular complexity index is 911. The van der Waals surface area contributed by atoms with E-state index in [9.17, 15) is 4.79 Å². The summed E-state index contributed by atoms with van der Waals surface area (Å²) in [7, 11) is 3.99. The van der Waals surface area contributed by atoms with Crippen molar-refractivity contribution in [3.05, 3.63) is 60.4 Å². The van der Waals surface area contributed by atoms with Gasteiger partial charge in [-0.3, -0.25) is 4.79 Å². The number of benzene rings is 2. The molecule has 26 heavy (non-hydrogen) atoms. The van der Waals surface area contributed by atoms with Crippen molar-refractivity contribution in [2.24, 2.45) is 11.0 Å². The summed E-state index contributed by atoms with van der Waals surface area (Å²) in [5.74, 6) is -0.343. The first kappa shape index (κ1) is 17.7. The lowest BCUT2D eigenvalue weighted by atomic mass is 10.1. The summed E-state index contributed by atoms with van der Waals surface area (Å²) >= 11 is 0. The van der Waals surface area contributed by atoms with Crippen LogP contribution >= 0.6 is 0 Å².